The molecule has 1 unspecified atom stereocenters. The third-order valence-corrected chi connectivity index (χ3v) is 9.60. The van der Waals surface area contributed by atoms with Gasteiger partial charge in [-0.15, -0.1) is 0 Å². The number of allylic oxidation sites excluding steroid dienone is 1. The number of carbonyl (C=O) groups excluding carboxylic acids is 1. The monoisotopic (exact) mass is 438 g/mol. The number of methoxy groups -OCH3 is 1. The zero-order chi connectivity index (χ0) is 22.1. The lowest BCUT2D eigenvalue weighted by Crippen LogP contribution is -2.58. The van der Waals surface area contributed by atoms with Crippen LogP contribution in [0.5, 0.6) is 5.75 Å². The number of carbonyl (C=O) groups is 1. The summed E-state index contributed by atoms with van der Waals surface area (Å²) in [6.07, 6.45) is 6.80. The van der Waals surface area contributed by atoms with Crippen molar-refractivity contribution in [1.82, 2.24) is 0 Å². The molecule has 1 heterocycles. The number of aliphatic hydroxyl groups is 1. The van der Waals surface area contributed by atoms with Crippen molar-refractivity contribution in [3.05, 3.63) is 41.0 Å². The molecular weight excluding hydrogens is 404 g/mol. The Morgan fingerprint density at radius 1 is 1.00 bits per heavy atom. The van der Waals surface area contributed by atoms with Crippen LogP contribution in [0.4, 0.5) is 0 Å². The maximum Gasteiger partial charge on any atom is 0.178 e. The lowest BCUT2D eigenvalue weighted by Gasteiger charge is -2.56. The van der Waals surface area contributed by atoms with Gasteiger partial charge < -0.3 is 19.3 Å². The maximum absolute atomic E-state index is 12.7. The molecule has 4 fully saturated rings. The van der Waals surface area contributed by atoms with Crippen molar-refractivity contribution in [3.8, 4) is 5.75 Å². The first-order chi connectivity index (χ1) is 15.4. The van der Waals surface area contributed by atoms with E-state index in [4.69, 9.17) is 14.2 Å². The van der Waals surface area contributed by atoms with Crippen LogP contribution in [0.3, 0.4) is 0 Å². The molecular formula is C27H34O5. The highest BCUT2D eigenvalue weighted by atomic mass is 16.7. The second-order valence-electron chi connectivity index (χ2n) is 10.8. The van der Waals surface area contributed by atoms with Gasteiger partial charge in [0.2, 0.25) is 0 Å². The van der Waals surface area contributed by atoms with Gasteiger partial charge in [0.1, 0.15) is 11.5 Å². The molecule has 1 N–H and O–H groups in total. The third kappa shape index (κ3) is 2.71. The number of ketones is 1. The molecule has 1 aromatic carbocycles. The highest BCUT2D eigenvalue weighted by Gasteiger charge is 2.63. The number of benzene rings is 1. The Morgan fingerprint density at radius 3 is 2.47 bits per heavy atom. The number of hydrogen-bond acceptors (Lipinski definition) is 5. The van der Waals surface area contributed by atoms with Crippen molar-refractivity contribution in [3.63, 3.8) is 0 Å². The predicted octanol–water partition coefficient (Wildman–Crippen LogP) is 4.53. The Balaban J connectivity index is 1.45. The van der Waals surface area contributed by atoms with Crippen molar-refractivity contribution in [1.29, 1.82) is 0 Å². The highest BCUT2D eigenvalue weighted by molar-refractivity contribution is 5.87. The molecule has 0 bridgehead atoms. The van der Waals surface area contributed by atoms with Crippen LogP contribution in [-0.2, 0) is 14.3 Å². The van der Waals surface area contributed by atoms with E-state index in [2.05, 4.69) is 19.1 Å². The Morgan fingerprint density at radius 2 is 1.75 bits per heavy atom. The summed E-state index contributed by atoms with van der Waals surface area (Å²) in [4.78, 5) is 12.7. The van der Waals surface area contributed by atoms with E-state index in [0.29, 0.717) is 37.3 Å². The Kier molecular flexibility index (Phi) is 4.67. The minimum absolute atomic E-state index is 0.160. The van der Waals surface area contributed by atoms with Crippen LogP contribution in [0, 0.1) is 17.3 Å². The van der Waals surface area contributed by atoms with Crippen LogP contribution in [0.15, 0.2) is 35.4 Å². The first kappa shape index (κ1) is 20.9. The van der Waals surface area contributed by atoms with E-state index in [1.807, 2.05) is 12.1 Å². The van der Waals surface area contributed by atoms with Crippen LogP contribution >= 0.6 is 0 Å². The largest absolute Gasteiger partial charge is 0.497 e. The van der Waals surface area contributed by atoms with E-state index in [1.165, 1.54) is 11.1 Å². The average Bonchev–Trinajstić information content (AvgIpc) is 3.38. The summed E-state index contributed by atoms with van der Waals surface area (Å²) in [6, 6.07) is 8.04. The highest BCUT2D eigenvalue weighted by Crippen LogP contribution is 2.64. The molecule has 1 saturated heterocycles. The number of ether oxygens (including phenoxy) is 3. The summed E-state index contributed by atoms with van der Waals surface area (Å²) in [6.45, 7) is 3.34. The average molecular weight is 439 g/mol. The zero-order valence-corrected chi connectivity index (χ0v) is 19.2. The summed E-state index contributed by atoms with van der Waals surface area (Å²) in [7, 11) is 1.67. The molecule has 0 radical (unpaired) electrons. The number of Topliss-reactive ketones (excluding diaryl/α,β-unsaturated/α-hetero) is 1. The molecule has 0 aromatic heterocycles. The fourth-order valence-electron chi connectivity index (χ4n) is 8.06. The van der Waals surface area contributed by atoms with Crippen LogP contribution in [0.2, 0.25) is 0 Å². The van der Waals surface area contributed by atoms with Crippen LogP contribution in [0.25, 0.3) is 0 Å². The Bertz CT molecular complexity index is 959. The number of fused-ring (bicyclic) bond motifs is 4. The van der Waals surface area contributed by atoms with Gasteiger partial charge in [0.15, 0.2) is 5.79 Å². The minimum Gasteiger partial charge on any atom is -0.497 e. The summed E-state index contributed by atoms with van der Waals surface area (Å²) in [5.74, 6) is 1.10. The number of rotatable bonds is 2. The van der Waals surface area contributed by atoms with Crippen LogP contribution in [0.1, 0.15) is 69.8 Å². The van der Waals surface area contributed by atoms with Crippen molar-refractivity contribution in [2.45, 2.75) is 75.6 Å². The van der Waals surface area contributed by atoms with Crippen LogP contribution in [-0.4, -0.2) is 42.6 Å². The SMILES string of the molecule is COc1ccc(C2C3(CCC4=C5CC[C@]6(C)C(=O)CC[C@H]6[C@@H]5CC[C@]42O)OCCO3)cc1. The lowest BCUT2D eigenvalue weighted by molar-refractivity contribution is -0.225. The van der Waals surface area contributed by atoms with Gasteiger partial charge in [-0.05, 0) is 73.6 Å². The molecule has 5 atom stereocenters. The smallest absolute Gasteiger partial charge is 0.178 e. The summed E-state index contributed by atoms with van der Waals surface area (Å²) >= 11 is 0. The quantitative estimate of drug-likeness (QED) is 0.687. The topological polar surface area (TPSA) is 65.0 Å². The normalized spacial score (nSPS) is 40.2. The first-order valence-corrected chi connectivity index (χ1v) is 12.3. The fraction of sp³-hybridized carbons (Fsp3) is 0.667. The maximum atomic E-state index is 12.7. The van der Waals surface area contributed by atoms with Crippen molar-refractivity contribution in [2.24, 2.45) is 17.3 Å². The van der Waals surface area contributed by atoms with Crippen LogP contribution < -0.4 is 4.74 Å². The molecule has 172 valence electrons. The zero-order valence-electron chi connectivity index (χ0n) is 19.2. The van der Waals surface area contributed by atoms with Gasteiger partial charge in [-0.25, -0.2) is 0 Å². The molecule has 1 spiro atoms. The van der Waals surface area contributed by atoms with Crippen molar-refractivity contribution < 1.29 is 24.1 Å². The Labute approximate surface area is 190 Å². The molecule has 4 aliphatic carbocycles. The molecule has 1 aromatic rings. The second-order valence-corrected chi connectivity index (χ2v) is 10.8. The van der Waals surface area contributed by atoms with E-state index in [1.54, 1.807) is 7.11 Å². The lowest BCUT2D eigenvalue weighted by atomic mass is 9.52. The summed E-state index contributed by atoms with van der Waals surface area (Å²) in [5, 5.41) is 12.4. The van der Waals surface area contributed by atoms with E-state index >= 15 is 0 Å². The minimum atomic E-state index is -0.973. The third-order valence-electron chi connectivity index (χ3n) is 9.60. The predicted molar refractivity (Wildman–Crippen MR) is 119 cm³/mol. The molecule has 5 heteroatoms. The van der Waals surface area contributed by atoms with Crippen molar-refractivity contribution >= 4 is 5.78 Å². The van der Waals surface area contributed by atoms with E-state index in [0.717, 1.165) is 56.3 Å². The number of hydrogen-bond donors (Lipinski definition) is 1. The second kappa shape index (κ2) is 7.15. The summed E-state index contributed by atoms with van der Waals surface area (Å²) < 4.78 is 17.9. The van der Waals surface area contributed by atoms with Gasteiger partial charge in [0.05, 0.1) is 31.8 Å². The van der Waals surface area contributed by atoms with Crippen molar-refractivity contribution in [2.75, 3.05) is 20.3 Å². The van der Waals surface area contributed by atoms with E-state index in [9.17, 15) is 9.90 Å². The van der Waals surface area contributed by atoms with E-state index in [-0.39, 0.29) is 11.3 Å². The van der Waals surface area contributed by atoms with Gasteiger partial charge in [0, 0.05) is 18.3 Å². The van der Waals surface area contributed by atoms with Gasteiger partial charge >= 0.3 is 0 Å². The molecule has 0 amide bonds. The first-order valence-electron chi connectivity index (χ1n) is 12.3. The molecule has 5 nitrogen and oxygen atoms in total. The molecule has 5 aliphatic rings. The Hall–Kier alpha value is -1.69. The molecule has 32 heavy (non-hydrogen) atoms. The van der Waals surface area contributed by atoms with E-state index < -0.39 is 11.4 Å². The van der Waals surface area contributed by atoms with Gasteiger partial charge in [-0.3, -0.25) is 4.79 Å². The van der Waals surface area contributed by atoms with Gasteiger partial charge in [-0.1, -0.05) is 24.6 Å². The molecule has 1 aliphatic heterocycles. The molecule has 6 rings (SSSR count). The van der Waals surface area contributed by atoms with Gasteiger partial charge in [0.25, 0.3) is 0 Å². The standard InChI is InChI=1S/C27H34O5/c1-25-12-9-20-19(21(25)7-8-23(25)28)10-13-26(29)22(20)11-14-27(31-15-16-32-27)24(26)17-3-5-18(30-2)6-4-17/h3-6,19,21,24,29H,7-16H2,1-2H3/t19-,21+,24?,25+,26+/m1/s1. The molecule has 3 saturated carbocycles. The fourth-order valence-corrected chi connectivity index (χ4v) is 8.06. The van der Waals surface area contributed by atoms with Gasteiger partial charge in [-0.2, -0.15) is 0 Å². The summed E-state index contributed by atoms with van der Waals surface area (Å²) in [5.41, 5.74) is 2.58.